The molecule has 0 radical (unpaired) electrons. The van der Waals surface area contributed by atoms with E-state index in [1.54, 1.807) is 11.8 Å². The van der Waals surface area contributed by atoms with Gasteiger partial charge < -0.3 is 14.6 Å². The van der Waals surface area contributed by atoms with E-state index in [9.17, 15) is 9.59 Å². The molecule has 1 fully saturated rings. The highest BCUT2D eigenvalue weighted by molar-refractivity contribution is 5.93. The molecule has 1 aromatic rings. The van der Waals surface area contributed by atoms with Gasteiger partial charge in [0, 0.05) is 24.8 Å². The Morgan fingerprint density at radius 2 is 2.21 bits per heavy atom. The summed E-state index contributed by atoms with van der Waals surface area (Å²) in [6, 6.07) is 3.85. The van der Waals surface area contributed by atoms with Gasteiger partial charge in [0.15, 0.2) is 0 Å². The number of hydrogen-bond acceptors (Lipinski definition) is 2. The van der Waals surface area contributed by atoms with Crippen LogP contribution in [0.4, 0.5) is 0 Å². The molecule has 0 saturated heterocycles. The van der Waals surface area contributed by atoms with Crippen molar-refractivity contribution in [2.75, 3.05) is 6.54 Å². The molecule has 5 heteroatoms. The number of carboxylic acids is 1. The molecule has 1 amide bonds. The van der Waals surface area contributed by atoms with Crippen LogP contribution >= 0.6 is 0 Å². The van der Waals surface area contributed by atoms with Crippen molar-refractivity contribution in [3.05, 3.63) is 24.0 Å². The van der Waals surface area contributed by atoms with E-state index in [0.717, 1.165) is 12.8 Å². The van der Waals surface area contributed by atoms with E-state index in [2.05, 4.69) is 0 Å². The number of carbonyl (C=O) groups excluding carboxylic acids is 1. The van der Waals surface area contributed by atoms with Gasteiger partial charge in [-0.3, -0.25) is 9.59 Å². The molecule has 2 rings (SSSR count). The molecule has 104 valence electrons. The second kappa shape index (κ2) is 5.47. The molecule has 1 saturated carbocycles. The number of carbonyl (C=O) groups is 2. The third kappa shape index (κ3) is 2.97. The predicted molar refractivity (Wildman–Crippen MR) is 71.1 cm³/mol. The van der Waals surface area contributed by atoms with Gasteiger partial charge in [0.05, 0.1) is 6.42 Å². The molecular formula is C14H20N2O3. The van der Waals surface area contributed by atoms with Gasteiger partial charge in [-0.25, -0.2) is 0 Å². The molecule has 0 aromatic carbocycles. The average Bonchev–Trinajstić information content (AvgIpc) is 3.06. The Morgan fingerprint density at radius 3 is 2.74 bits per heavy atom. The quantitative estimate of drug-likeness (QED) is 0.856. The summed E-state index contributed by atoms with van der Waals surface area (Å²) < 4.78 is 2.01. The van der Waals surface area contributed by atoms with Gasteiger partial charge >= 0.3 is 5.97 Å². The highest BCUT2D eigenvalue weighted by Gasteiger charge is 2.29. The molecule has 1 atom stereocenters. The average molecular weight is 264 g/mol. The fraction of sp³-hybridized carbons (Fsp3) is 0.571. The summed E-state index contributed by atoms with van der Waals surface area (Å²) in [6.07, 6.45) is 4.14. The molecular weight excluding hydrogens is 244 g/mol. The third-order valence-electron chi connectivity index (χ3n) is 3.54. The Morgan fingerprint density at radius 1 is 1.53 bits per heavy atom. The van der Waals surface area contributed by atoms with Crippen molar-refractivity contribution in [1.82, 2.24) is 9.47 Å². The largest absolute Gasteiger partial charge is 0.481 e. The summed E-state index contributed by atoms with van der Waals surface area (Å²) >= 11 is 0. The van der Waals surface area contributed by atoms with Crippen molar-refractivity contribution in [2.45, 2.75) is 45.2 Å². The summed E-state index contributed by atoms with van der Waals surface area (Å²) in [5.74, 6) is -0.954. The van der Waals surface area contributed by atoms with Gasteiger partial charge in [-0.05, 0) is 38.8 Å². The number of aromatic nitrogens is 1. The number of rotatable bonds is 6. The molecule has 1 aliphatic rings. The van der Waals surface area contributed by atoms with Crippen molar-refractivity contribution >= 4 is 11.9 Å². The van der Waals surface area contributed by atoms with Crippen LogP contribution in [-0.4, -0.2) is 39.0 Å². The standard InChI is InChI=1S/C14H20N2O3/c1-3-15(10(2)9-13(17)18)14(19)12-5-4-8-16(12)11-6-7-11/h4-5,8,10-11H,3,6-7,9H2,1-2H3,(H,17,18). The van der Waals surface area contributed by atoms with Crippen molar-refractivity contribution < 1.29 is 14.7 Å². The van der Waals surface area contributed by atoms with E-state index in [1.165, 1.54) is 0 Å². The van der Waals surface area contributed by atoms with E-state index in [-0.39, 0.29) is 18.4 Å². The van der Waals surface area contributed by atoms with Crippen molar-refractivity contribution in [3.8, 4) is 0 Å². The van der Waals surface area contributed by atoms with Crippen LogP contribution in [0.2, 0.25) is 0 Å². The Hall–Kier alpha value is -1.78. The molecule has 1 unspecified atom stereocenters. The zero-order chi connectivity index (χ0) is 14.0. The molecule has 0 bridgehead atoms. The zero-order valence-corrected chi connectivity index (χ0v) is 11.4. The Balaban J connectivity index is 2.15. The van der Waals surface area contributed by atoms with Crippen LogP contribution in [0, 0.1) is 0 Å². The molecule has 1 aromatic heterocycles. The highest BCUT2D eigenvalue weighted by Crippen LogP contribution is 2.36. The maximum atomic E-state index is 12.5. The van der Waals surface area contributed by atoms with E-state index in [0.29, 0.717) is 18.3 Å². The number of amides is 1. The molecule has 1 N–H and O–H groups in total. The molecule has 19 heavy (non-hydrogen) atoms. The minimum absolute atomic E-state index is 0.0241. The third-order valence-corrected chi connectivity index (χ3v) is 3.54. The van der Waals surface area contributed by atoms with E-state index in [1.807, 2.05) is 29.8 Å². The first-order chi connectivity index (χ1) is 9.04. The van der Waals surface area contributed by atoms with Gasteiger partial charge in [-0.2, -0.15) is 0 Å². The summed E-state index contributed by atoms with van der Waals surface area (Å²) in [5.41, 5.74) is 0.668. The molecule has 5 nitrogen and oxygen atoms in total. The minimum atomic E-state index is -0.878. The predicted octanol–water partition coefficient (Wildman–Crippen LogP) is 2.15. The van der Waals surface area contributed by atoms with Crippen molar-refractivity contribution in [2.24, 2.45) is 0 Å². The lowest BCUT2D eigenvalue weighted by molar-refractivity contribution is -0.138. The lowest BCUT2D eigenvalue weighted by Gasteiger charge is -2.27. The fourth-order valence-corrected chi connectivity index (χ4v) is 2.41. The maximum absolute atomic E-state index is 12.5. The Kier molecular flexibility index (Phi) is 3.93. The Labute approximate surface area is 112 Å². The first kappa shape index (κ1) is 13.6. The summed E-state index contributed by atoms with van der Waals surface area (Å²) in [4.78, 5) is 24.9. The van der Waals surface area contributed by atoms with E-state index < -0.39 is 5.97 Å². The van der Waals surface area contributed by atoms with Crippen LogP contribution < -0.4 is 0 Å². The topological polar surface area (TPSA) is 62.5 Å². The van der Waals surface area contributed by atoms with Gasteiger partial charge in [0.1, 0.15) is 5.69 Å². The molecule has 1 heterocycles. The first-order valence-corrected chi connectivity index (χ1v) is 6.74. The van der Waals surface area contributed by atoms with Crippen LogP contribution in [-0.2, 0) is 4.79 Å². The normalized spacial score (nSPS) is 16.1. The fourth-order valence-electron chi connectivity index (χ4n) is 2.41. The van der Waals surface area contributed by atoms with Crippen molar-refractivity contribution in [1.29, 1.82) is 0 Å². The molecule has 0 spiro atoms. The zero-order valence-electron chi connectivity index (χ0n) is 11.4. The highest BCUT2D eigenvalue weighted by atomic mass is 16.4. The minimum Gasteiger partial charge on any atom is -0.481 e. The van der Waals surface area contributed by atoms with E-state index in [4.69, 9.17) is 5.11 Å². The monoisotopic (exact) mass is 264 g/mol. The summed E-state index contributed by atoms with van der Waals surface area (Å²) in [7, 11) is 0. The number of carboxylic acid groups (broad SMARTS) is 1. The number of nitrogens with zero attached hydrogens (tertiary/aromatic N) is 2. The number of hydrogen-bond donors (Lipinski definition) is 1. The SMILES string of the molecule is CCN(C(=O)c1cccn1C1CC1)C(C)CC(=O)O. The molecule has 1 aliphatic carbocycles. The van der Waals surface area contributed by atoms with Crippen LogP contribution in [0.5, 0.6) is 0 Å². The smallest absolute Gasteiger partial charge is 0.305 e. The van der Waals surface area contributed by atoms with Gasteiger partial charge in [-0.15, -0.1) is 0 Å². The van der Waals surface area contributed by atoms with Crippen LogP contribution in [0.1, 0.15) is 49.6 Å². The lowest BCUT2D eigenvalue weighted by atomic mass is 10.2. The van der Waals surface area contributed by atoms with Gasteiger partial charge in [0.2, 0.25) is 0 Å². The van der Waals surface area contributed by atoms with Crippen LogP contribution in [0.3, 0.4) is 0 Å². The summed E-state index contributed by atoms with van der Waals surface area (Å²) in [5, 5.41) is 8.85. The van der Waals surface area contributed by atoms with Crippen molar-refractivity contribution in [3.63, 3.8) is 0 Å². The van der Waals surface area contributed by atoms with Crippen LogP contribution in [0.25, 0.3) is 0 Å². The van der Waals surface area contributed by atoms with Gasteiger partial charge in [0.25, 0.3) is 5.91 Å². The lowest BCUT2D eigenvalue weighted by Crippen LogP contribution is -2.40. The van der Waals surface area contributed by atoms with Crippen LogP contribution in [0.15, 0.2) is 18.3 Å². The maximum Gasteiger partial charge on any atom is 0.305 e. The Bertz CT molecular complexity index is 477. The molecule has 0 aliphatic heterocycles. The second-order valence-corrected chi connectivity index (χ2v) is 5.07. The summed E-state index contributed by atoms with van der Waals surface area (Å²) in [6.45, 7) is 4.17. The van der Waals surface area contributed by atoms with E-state index >= 15 is 0 Å². The van der Waals surface area contributed by atoms with Gasteiger partial charge in [-0.1, -0.05) is 0 Å². The second-order valence-electron chi connectivity index (χ2n) is 5.07. The number of aliphatic carboxylic acids is 1. The first-order valence-electron chi connectivity index (χ1n) is 6.74.